The molecule has 1 aromatic rings. The van der Waals surface area contributed by atoms with Crippen molar-refractivity contribution < 1.29 is 8.42 Å². The maximum Gasteiger partial charge on any atom is 0.250 e. The molecular weight excluding hydrogens is 244 g/mol. The average molecular weight is 260 g/mol. The van der Waals surface area contributed by atoms with Crippen LogP contribution in [0.3, 0.4) is 0 Å². The predicted molar refractivity (Wildman–Crippen MR) is 64.7 cm³/mol. The van der Waals surface area contributed by atoms with Crippen LogP contribution in [-0.4, -0.2) is 15.0 Å². The van der Waals surface area contributed by atoms with Crippen LogP contribution in [0.5, 0.6) is 0 Å². The normalized spacial score (nSPS) is 17.3. The highest BCUT2D eigenvalue weighted by molar-refractivity contribution is 7.91. The Hall–Kier alpha value is -0.430. The Bertz CT molecular complexity index is 449. The van der Waals surface area contributed by atoms with E-state index in [4.69, 9.17) is 5.73 Å². The monoisotopic (exact) mass is 260 g/mol. The van der Waals surface area contributed by atoms with Gasteiger partial charge in [0.1, 0.15) is 4.21 Å². The fourth-order valence-corrected chi connectivity index (χ4v) is 4.00. The van der Waals surface area contributed by atoms with E-state index in [1.807, 2.05) is 0 Å². The molecule has 0 spiro atoms. The van der Waals surface area contributed by atoms with Gasteiger partial charge in [-0.1, -0.05) is 6.42 Å². The second kappa shape index (κ2) is 4.83. The molecule has 0 radical (unpaired) electrons. The van der Waals surface area contributed by atoms with Crippen LogP contribution < -0.4 is 10.5 Å². The molecule has 90 valence electrons. The lowest BCUT2D eigenvalue weighted by molar-refractivity contribution is 0.316. The van der Waals surface area contributed by atoms with Crippen LogP contribution in [-0.2, 0) is 16.6 Å². The molecule has 3 N–H and O–H groups in total. The van der Waals surface area contributed by atoms with Crippen molar-refractivity contribution >= 4 is 21.4 Å². The molecule has 0 aliphatic heterocycles. The van der Waals surface area contributed by atoms with Gasteiger partial charge in [-0.05, 0) is 30.9 Å². The fourth-order valence-electron chi connectivity index (χ4n) is 1.61. The molecule has 2 rings (SSSR count). The van der Waals surface area contributed by atoms with E-state index in [1.165, 1.54) is 17.8 Å². The van der Waals surface area contributed by atoms with Crippen molar-refractivity contribution in [1.29, 1.82) is 0 Å². The molecule has 0 unspecified atom stereocenters. The van der Waals surface area contributed by atoms with Crippen LogP contribution >= 0.6 is 11.3 Å². The van der Waals surface area contributed by atoms with Crippen molar-refractivity contribution in [3.63, 3.8) is 0 Å². The largest absolute Gasteiger partial charge is 0.326 e. The fraction of sp³-hybridized carbons (Fsp3) is 0.600. The third-order valence-electron chi connectivity index (χ3n) is 2.89. The molecule has 0 atom stereocenters. The molecule has 0 amide bonds. The number of rotatable bonds is 5. The van der Waals surface area contributed by atoms with Crippen molar-refractivity contribution in [3.8, 4) is 0 Å². The van der Waals surface area contributed by atoms with E-state index >= 15 is 0 Å². The number of thiophene rings is 1. The molecule has 0 aromatic carbocycles. The zero-order valence-corrected chi connectivity index (χ0v) is 10.6. The highest BCUT2D eigenvalue weighted by Gasteiger charge is 2.22. The number of hydrogen-bond donors (Lipinski definition) is 2. The van der Waals surface area contributed by atoms with Gasteiger partial charge < -0.3 is 5.73 Å². The summed E-state index contributed by atoms with van der Waals surface area (Å²) in [7, 11) is -3.31. The van der Waals surface area contributed by atoms with E-state index in [-0.39, 0.29) is 0 Å². The second-order valence-corrected chi connectivity index (χ2v) is 7.24. The number of sulfonamides is 1. The maximum atomic E-state index is 11.9. The summed E-state index contributed by atoms with van der Waals surface area (Å²) in [4.78, 5) is 0.893. The van der Waals surface area contributed by atoms with E-state index in [9.17, 15) is 8.42 Å². The van der Waals surface area contributed by atoms with Gasteiger partial charge in [-0.25, -0.2) is 13.1 Å². The molecule has 1 aliphatic rings. The summed E-state index contributed by atoms with van der Waals surface area (Å²) in [5, 5.41) is 0. The lowest BCUT2D eigenvalue weighted by Gasteiger charge is -2.25. The molecule has 16 heavy (non-hydrogen) atoms. The first-order valence-corrected chi connectivity index (χ1v) is 7.70. The summed E-state index contributed by atoms with van der Waals surface area (Å²) >= 11 is 1.24. The van der Waals surface area contributed by atoms with Crippen LogP contribution in [0, 0.1) is 5.92 Å². The molecule has 1 aromatic heterocycles. The summed E-state index contributed by atoms with van der Waals surface area (Å²) < 4.78 is 26.8. The lowest BCUT2D eigenvalue weighted by atomic mass is 9.86. The Kier molecular flexibility index (Phi) is 3.63. The first-order chi connectivity index (χ1) is 7.62. The van der Waals surface area contributed by atoms with Crippen LogP contribution in [0.2, 0.25) is 0 Å². The van der Waals surface area contributed by atoms with Gasteiger partial charge in [0.05, 0.1) is 0 Å². The highest BCUT2D eigenvalue weighted by Crippen LogP contribution is 2.26. The molecule has 1 heterocycles. The maximum absolute atomic E-state index is 11.9. The number of nitrogens with two attached hydrogens (primary N) is 1. The predicted octanol–water partition coefficient (Wildman–Crippen LogP) is 1.29. The van der Waals surface area contributed by atoms with Gasteiger partial charge in [-0.3, -0.25) is 0 Å². The SMILES string of the molecule is NCc1ccc(S(=O)(=O)NCC2CCC2)s1. The highest BCUT2D eigenvalue weighted by atomic mass is 32.2. The van der Waals surface area contributed by atoms with Gasteiger partial charge in [-0.15, -0.1) is 11.3 Å². The van der Waals surface area contributed by atoms with E-state index in [0.29, 0.717) is 23.2 Å². The molecule has 0 saturated heterocycles. The minimum Gasteiger partial charge on any atom is -0.326 e. The van der Waals surface area contributed by atoms with Crippen molar-refractivity contribution in [1.82, 2.24) is 4.72 Å². The molecule has 6 heteroatoms. The zero-order valence-electron chi connectivity index (χ0n) is 8.98. The van der Waals surface area contributed by atoms with Gasteiger partial charge in [-0.2, -0.15) is 0 Å². The molecule has 1 saturated carbocycles. The molecular formula is C10H16N2O2S2. The quantitative estimate of drug-likeness (QED) is 0.838. The van der Waals surface area contributed by atoms with E-state index < -0.39 is 10.0 Å². The Labute approximate surface area is 99.9 Å². The molecule has 1 aliphatic carbocycles. The van der Waals surface area contributed by atoms with Crippen molar-refractivity contribution in [2.75, 3.05) is 6.54 Å². The second-order valence-electron chi connectivity index (χ2n) is 4.07. The molecule has 4 nitrogen and oxygen atoms in total. The first kappa shape index (κ1) is 12.0. The Balaban J connectivity index is 1.99. The Morgan fingerprint density at radius 3 is 2.69 bits per heavy atom. The van der Waals surface area contributed by atoms with Gasteiger partial charge in [0, 0.05) is 18.0 Å². The van der Waals surface area contributed by atoms with Crippen LogP contribution in [0.15, 0.2) is 16.3 Å². The Morgan fingerprint density at radius 2 is 2.19 bits per heavy atom. The third-order valence-corrected chi connectivity index (χ3v) is 5.91. The minimum atomic E-state index is -3.31. The van der Waals surface area contributed by atoms with Crippen molar-refractivity contribution in [2.24, 2.45) is 11.7 Å². The van der Waals surface area contributed by atoms with Gasteiger partial charge in [0.25, 0.3) is 0 Å². The Morgan fingerprint density at radius 1 is 1.44 bits per heavy atom. The van der Waals surface area contributed by atoms with Gasteiger partial charge in [0.15, 0.2) is 0 Å². The molecule has 1 fully saturated rings. The van der Waals surface area contributed by atoms with Crippen molar-refractivity contribution in [3.05, 3.63) is 17.0 Å². The van der Waals surface area contributed by atoms with E-state index in [2.05, 4.69) is 4.72 Å². The average Bonchev–Trinajstić information content (AvgIpc) is 2.63. The van der Waals surface area contributed by atoms with Crippen LogP contribution in [0.1, 0.15) is 24.1 Å². The summed E-state index contributed by atoms with van der Waals surface area (Å²) in [6.07, 6.45) is 3.50. The van der Waals surface area contributed by atoms with Gasteiger partial charge in [0.2, 0.25) is 10.0 Å². The topological polar surface area (TPSA) is 72.2 Å². The zero-order chi connectivity index (χ0) is 11.6. The lowest BCUT2D eigenvalue weighted by Crippen LogP contribution is -2.31. The number of nitrogens with one attached hydrogen (secondary N) is 1. The first-order valence-electron chi connectivity index (χ1n) is 5.40. The molecule has 0 bridgehead atoms. The van der Waals surface area contributed by atoms with E-state index in [0.717, 1.165) is 17.7 Å². The third kappa shape index (κ3) is 2.63. The minimum absolute atomic E-state index is 0.368. The number of hydrogen-bond acceptors (Lipinski definition) is 4. The van der Waals surface area contributed by atoms with Crippen LogP contribution in [0.4, 0.5) is 0 Å². The van der Waals surface area contributed by atoms with Crippen molar-refractivity contribution in [2.45, 2.75) is 30.0 Å². The summed E-state index contributed by atoms with van der Waals surface area (Å²) in [6, 6.07) is 3.39. The summed E-state index contributed by atoms with van der Waals surface area (Å²) in [5.74, 6) is 0.531. The summed E-state index contributed by atoms with van der Waals surface area (Å²) in [5.41, 5.74) is 5.45. The standard InChI is InChI=1S/C10H16N2O2S2/c11-6-9-4-5-10(15-9)16(13,14)12-7-8-2-1-3-8/h4-5,8,12H,1-3,6-7,11H2. The smallest absolute Gasteiger partial charge is 0.250 e. The summed E-state index contributed by atoms with van der Waals surface area (Å²) in [6.45, 7) is 0.959. The van der Waals surface area contributed by atoms with E-state index in [1.54, 1.807) is 12.1 Å². The van der Waals surface area contributed by atoms with Gasteiger partial charge >= 0.3 is 0 Å². The van der Waals surface area contributed by atoms with Crippen LogP contribution in [0.25, 0.3) is 0 Å².